The van der Waals surface area contributed by atoms with Gasteiger partial charge in [0.1, 0.15) is 12.5 Å². The highest BCUT2D eigenvalue weighted by atomic mass is 32.1. The second-order valence-electron chi connectivity index (χ2n) is 9.82. The third kappa shape index (κ3) is 6.55. The van der Waals surface area contributed by atoms with Crippen molar-refractivity contribution in [2.45, 2.75) is 63.3 Å². The molecule has 0 aromatic carbocycles. The minimum absolute atomic E-state index is 0.0355. The number of quaternary nitrogens is 1. The van der Waals surface area contributed by atoms with E-state index in [0.717, 1.165) is 74.2 Å². The van der Waals surface area contributed by atoms with Crippen molar-refractivity contribution >= 4 is 23.2 Å². The summed E-state index contributed by atoms with van der Waals surface area (Å²) >= 11 is 1.50. The number of halogens is 3. The Hall–Kier alpha value is -1.69. The number of carboxylic acids is 1. The molecule has 11 heteroatoms. The van der Waals surface area contributed by atoms with Crippen molar-refractivity contribution in [2.24, 2.45) is 11.8 Å². The minimum Gasteiger partial charge on any atom is -0.542 e. The number of nitrogens with one attached hydrogen (secondary N) is 1. The lowest BCUT2D eigenvalue weighted by Crippen LogP contribution is -2.69. The molecule has 2 N–H and O–H groups in total. The first-order valence-electron chi connectivity index (χ1n) is 12.3. The molecule has 2 bridgehead atoms. The zero-order valence-corrected chi connectivity index (χ0v) is 20.8. The zero-order valence-electron chi connectivity index (χ0n) is 20.0. The number of alkyl halides is 3. The summed E-state index contributed by atoms with van der Waals surface area (Å²) in [7, 11) is 0. The maximum Gasteiger partial charge on any atom is 0.430 e. The number of carbonyl (C=O) groups excluding carboxylic acids is 2. The van der Waals surface area contributed by atoms with Gasteiger partial charge in [0.25, 0.3) is 5.91 Å². The van der Waals surface area contributed by atoms with Gasteiger partial charge in [-0.15, -0.1) is 11.3 Å². The lowest BCUT2D eigenvalue weighted by atomic mass is 9.79. The maximum absolute atomic E-state index is 13.5. The highest BCUT2D eigenvalue weighted by Gasteiger charge is 2.51. The van der Waals surface area contributed by atoms with Gasteiger partial charge in [0.15, 0.2) is 5.60 Å². The van der Waals surface area contributed by atoms with Gasteiger partial charge in [-0.05, 0) is 37.1 Å². The molecule has 0 radical (unpaired) electrons. The van der Waals surface area contributed by atoms with Crippen LogP contribution in [0.1, 0.15) is 50.3 Å². The van der Waals surface area contributed by atoms with Crippen molar-refractivity contribution in [1.29, 1.82) is 0 Å². The average Bonchev–Trinajstić information content (AvgIpc) is 3.54. The molecule has 7 nitrogen and oxygen atoms in total. The van der Waals surface area contributed by atoms with Gasteiger partial charge in [-0.3, -0.25) is 4.79 Å². The number of hydrogen-bond acceptors (Lipinski definition) is 6. The Balaban J connectivity index is 0.000000429. The third-order valence-corrected chi connectivity index (χ3v) is 8.75. The van der Waals surface area contributed by atoms with Crippen LogP contribution < -0.4 is 10.4 Å². The van der Waals surface area contributed by atoms with Crippen LogP contribution in [0.5, 0.6) is 0 Å². The molecule has 3 aliphatic heterocycles. The summed E-state index contributed by atoms with van der Waals surface area (Å²) in [5.41, 5.74) is -1.37. The number of ether oxygens (including phenoxy) is 1. The molecule has 4 fully saturated rings. The van der Waals surface area contributed by atoms with Crippen LogP contribution in [0, 0.1) is 11.8 Å². The van der Waals surface area contributed by atoms with E-state index in [1.807, 2.05) is 24.4 Å². The molecule has 198 valence electrons. The molecule has 1 saturated carbocycles. The van der Waals surface area contributed by atoms with Crippen molar-refractivity contribution in [3.63, 3.8) is 0 Å². The summed E-state index contributed by atoms with van der Waals surface area (Å²) in [4.78, 5) is 23.1. The Morgan fingerprint density at radius 1 is 1.23 bits per heavy atom. The van der Waals surface area contributed by atoms with Crippen LogP contribution in [-0.4, -0.2) is 73.1 Å². The number of thiophene rings is 1. The largest absolute Gasteiger partial charge is 0.542 e. The fourth-order valence-corrected chi connectivity index (χ4v) is 6.68. The van der Waals surface area contributed by atoms with Crippen LogP contribution in [0.25, 0.3) is 0 Å². The van der Waals surface area contributed by atoms with Gasteiger partial charge in [0.2, 0.25) is 0 Å². The zero-order chi connectivity index (χ0) is 25.7. The number of nitrogens with zero attached hydrogens (tertiary/aromatic N) is 1. The predicted molar refractivity (Wildman–Crippen MR) is 122 cm³/mol. The molecule has 3 saturated heterocycles. The first-order chi connectivity index (χ1) is 16.5. The average molecular weight is 521 g/mol. The van der Waals surface area contributed by atoms with Crippen molar-refractivity contribution in [2.75, 3.05) is 39.4 Å². The SMILES string of the molecule is CCOCC[N+]12CCC(CC1)[C@@H](NC(=O)C(O)(c1cccs1)C1CCCC1)C2.O=C([O-])C(F)(F)F. The fourth-order valence-electron chi connectivity index (χ4n) is 5.78. The normalized spacial score (nSPS) is 28.1. The van der Waals surface area contributed by atoms with Crippen LogP contribution in [0.3, 0.4) is 0 Å². The lowest BCUT2D eigenvalue weighted by molar-refractivity contribution is -0.944. The monoisotopic (exact) mass is 520 g/mol. The van der Waals surface area contributed by atoms with E-state index in [9.17, 15) is 23.1 Å². The first kappa shape index (κ1) is 27.9. The molecule has 35 heavy (non-hydrogen) atoms. The van der Waals surface area contributed by atoms with E-state index in [4.69, 9.17) is 14.6 Å². The van der Waals surface area contributed by atoms with Crippen molar-refractivity contribution in [3.8, 4) is 0 Å². The lowest BCUT2D eigenvalue weighted by Gasteiger charge is -2.53. The van der Waals surface area contributed by atoms with Crippen molar-refractivity contribution in [1.82, 2.24) is 5.32 Å². The highest BCUT2D eigenvalue weighted by molar-refractivity contribution is 7.10. The van der Waals surface area contributed by atoms with Crippen LogP contribution in [0.2, 0.25) is 0 Å². The second kappa shape index (κ2) is 11.6. The summed E-state index contributed by atoms with van der Waals surface area (Å²) in [6.45, 7) is 8.00. The van der Waals surface area contributed by atoms with Crippen LogP contribution >= 0.6 is 11.3 Å². The fraction of sp³-hybridized carbons (Fsp3) is 0.750. The van der Waals surface area contributed by atoms with Gasteiger partial charge in [-0.25, -0.2) is 0 Å². The number of fused-ring (bicyclic) bond motifs is 3. The maximum atomic E-state index is 13.5. The number of hydrogen-bond donors (Lipinski definition) is 2. The first-order valence-corrected chi connectivity index (χ1v) is 13.2. The molecule has 1 aromatic rings. The molecule has 4 aliphatic rings. The Morgan fingerprint density at radius 2 is 1.86 bits per heavy atom. The molecule has 2 atom stereocenters. The number of rotatable bonds is 8. The molecule has 4 heterocycles. The smallest absolute Gasteiger partial charge is 0.430 e. The molecule has 1 unspecified atom stereocenters. The summed E-state index contributed by atoms with van der Waals surface area (Å²) in [5.74, 6) is -2.59. The number of piperidine rings is 3. The summed E-state index contributed by atoms with van der Waals surface area (Å²) in [6.07, 6.45) is 1.22. The van der Waals surface area contributed by atoms with Gasteiger partial charge in [0, 0.05) is 30.2 Å². The van der Waals surface area contributed by atoms with Crippen LogP contribution in [0.15, 0.2) is 17.5 Å². The third-order valence-electron chi connectivity index (χ3n) is 7.75. The highest BCUT2D eigenvalue weighted by Crippen LogP contribution is 2.43. The van der Waals surface area contributed by atoms with Crippen molar-refractivity contribution < 1.29 is 42.2 Å². The van der Waals surface area contributed by atoms with E-state index in [0.29, 0.717) is 5.92 Å². The second-order valence-corrected chi connectivity index (χ2v) is 10.8. The number of aliphatic hydroxyl groups is 1. The molecule has 1 aliphatic carbocycles. The van der Waals surface area contributed by atoms with Crippen LogP contribution in [0.4, 0.5) is 13.2 Å². The summed E-state index contributed by atoms with van der Waals surface area (Å²) in [6, 6.07) is 4.04. The quantitative estimate of drug-likeness (QED) is 0.405. The van der Waals surface area contributed by atoms with E-state index >= 15 is 0 Å². The molecular weight excluding hydrogens is 485 g/mol. The van der Waals surface area contributed by atoms with Crippen LogP contribution in [-0.2, 0) is 19.9 Å². The Labute approximate surface area is 207 Å². The molecule has 1 amide bonds. The Bertz CT molecular complexity index is 837. The Morgan fingerprint density at radius 3 is 2.37 bits per heavy atom. The van der Waals surface area contributed by atoms with E-state index < -0.39 is 17.7 Å². The molecule has 1 aromatic heterocycles. The number of carboxylic acid groups (broad SMARTS) is 1. The van der Waals surface area contributed by atoms with Gasteiger partial charge >= 0.3 is 6.18 Å². The number of amides is 1. The summed E-state index contributed by atoms with van der Waals surface area (Å²) in [5, 5.41) is 25.7. The van der Waals surface area contributed by atoms with Crippen molar-refractivity contribution in [3.05, 3.63) is 22.4 Å². The van der Waals surface area contributed by atoms with E-state index in [-0.39, 0.29) is 17.9 Å². The predicted octanol–water partition coefficient (Wildman–Crippen LogP) is 2.19. The van der Waals surface area contributed by atoms with Gasteiger partial charge in [-0.2, -0.15) is 13.2 Å². The van der Waals surface area contributed by atoms with E-state index in [2.05, 4.69) is 5.32 Å². The minimum atomic E-state index is -5.19. The molecule has 0 spiro atoms. The van der Waals surface area contributed by atoms with Gasteiger partial charge in [0.05, 0.1) is 32.3 Å². The van der Waals surface area contributed by atoms with E-state index in [1.54, 1.807) is 0 Å². The molecular formula is C24H35F3N2O5S. The number of carbonyl (C=O) groups is 2. The summed E-state index contributed by atoms with van der Waals surface area (Å²) < 4.78 is 38.2. The standard InChI is InChI=1S/C22H34N2O3S.C2HF3O2/c1-2-27-14-13-24-11-9-17(10-12-24)19(16-24)23-21(25)22(26,18-6-3-4-7-18)20-8-5-15-28-20;3-2(4,5)1(6)7/h5,8,15,17-19,26H,2-4,6-7,9-14,16H2,1H3;(H,6,7)/t17?,19-,22?,24?;/m0./s1. The van der Waals surface area contributed by atoms with E-state index in [1.165, 1.54) is 24.4 Å². The molecule has 5 rings (SSSR count). The van der Waals surface area contributed by atoms with Gasteiger partial charge < -0.3 is 29.5 Å². The Kier molecular flexibility index (Phi) is 9.22. The number of aliphatic carboxylic acids is 1. The van der Waals surface area contributed by atoms with Gasteiger partial charge in [-0.1, -0.05) is 18.9 Å². The topological polar surface area (TPSA) is 98.7 Å².